The van der Waals surface area contributed by atoms with E-state index in [4.69, 9.17) is 9.47 Å². The molecule has 6 atom stereocenters. The van der Waals surface area contributed by atoms with E-state index in [1.807, 2.05) is 6.92 Å². The lowest BCUT2D eigenvalue weighted by Crippen LogP contribution is -2.61. The zero-order valence-corrected chi connectivity index (χ0v) is 15.3. The topological polar surface area (TPSA) is 116 Å². The normalized spacial score (nSPS) is 31.0. The highest BCUT2D eigenvalue weighted by Crippen LogP contribution is 2.24. The summed E-state index contributed by atoms with van der Waals surface area (Å²) in [5, 5.41) is 40.0. The van der Waals surface area contributed by atoms with Gasteiger partial charge in [-0.25, -0.2) is 0 Å². The molecule has 25 heavy (non-hydrogen) atoms. The number of carbonyl (C=O) groups is 1. The van der Waals surface area contributed by atoms with Gasteiger partial charge in [0.05, 0.1) is 0 Å². The zero-order valence-electron chi connectivity index (χ0n) is 15.3. The quantitative estimate of drug-likeness (QED) is 0.381. The molecule has 1 heterocycles. The van der Waals surface area contributed by atoms with Crippen LogP contribution < -0.4 is 0 Å². The molecular weight excluding hydrogens is 328 g/mol. The molecule has 0 aromatic heterocycles. The third-order valence-corrected chi connectivity index (χ3v) is 4.54. The van der Waals surface area contributed by atoms with Crippen LogP contribution in [0.2, 0.25) is 0 Å². The van der Waals surface area contributed by atoms with Crippen LogP contribution in [0, 0.1) is 0 Å². The molecule has 1 fully saturated rings. The van der Waals surface area contributed by atoms with Crippen LogP contribution in [0.1, 0.15) is 65.2 Å². The maximum absolute atomic E-state index is 12.4. The Kier molecular flexibility index (Phi) is 10.7. The Labute approximate surface area is 150 Å². The van der Waals surface area contributed by atoms with Crippen molar-refractivity contribution >= 4 is 5.78 Å². The number of aliphatic hydroxyl groups is 4. The Morgan fingerprint density at radius 3 is 2.24 bits per heavy atom. The first-order valence-electron chi connectivity index (χ1n) is 9.47. The molecular formula is C18H34O7. The molecule has 1 aliphatic rings. The van der Waals surface area contributed by atoms with Crippen molar-refractivity contribution in [3.05, 3.63) is 0 Å². The van der Waals surface area contributed by atoms with E-state index in [1.165, 1.54) is 0 Å². The van der Waals surface area contributed by atoms with Crippen LogP contribution in [0.25, 0.3) is 0 Å². The number of hydrogen-bond acceptors (Lipinski definition) is 7. The summed E-state index contributed by atoms with van der Waals surface area (Å²) in [5.41, 5.74) is 0. The molecule has 0 aromatic rings. The molecule has 0 spiro atoms. The van der Waals surface area contributed by atoms with Crippen LogP contribution in [0.15, 0.2) is 0 Å². The van der Waals surface area contributed by atoms with Crippen molar-refractivity contribution in [2.24, 2.45) is 0 Å². The van der Waals surface area contributed by atoms with Crippen molar-refractivity contribution in [3.63, 3.8) is 0 Å². The summed E-state index contributed by atoms with van der Waals surface area (Å²) in [6.07, 6.45) is -1.64. The van der Waals surface area contributed by atoms with E-state index in [2.05, 4.69) is 6.92 Å². The summed E-state index contributed by atoms with van der Waals surface area (Å²) in [7, 11) is 0. The summed E-state index contributed by atoms with van der Waals surface area (Å²) in [5.74, 6) is -0.682. The Morgan fingerprint density at radius 2 is 1.60 bits per heavy atom. The molecule has 4 N–H and O–H groups in total. The molecule has 1 saturated heterocycles. The minimum atomic E-state index is -1.59. The molecule has 1 rings (SSSR count). The van der Waals surface area contributed by atoms with E-state index in [9.17, 15) is 25.2 Å². The molecule has 0 saturated carbocycles. The first kappa shape index (κ1) is 22.5. The van der Waals surface area contributed by atoms with Crippen LogP contribution >= 0.6 is 0 Å². The average molecular weight is 362 g/mol. The van der Waals surface area contributed by atoms with Gasteiger partial charge in [-0.1, -0.05) is 52.4 Å². The lowest BCUT2D eigenvalue weighted by atomic mass is 9.92. The Bertz CT molecular complexity index is 376. The predicted molar refractivity (Wildman–Crippen MR) is 91.9 cm³/mol. The predicted octanol–water partition coefficient (Wildman–Crippen LogP) is 0.901. The van der Waals surface area contributed by atoms with Crippen molar-refractivity contribution in [2.75, 3.05) is 6.61 Å². The Morgan fingerprint density at radius 1 is 0.960 bits per heavy atom. The van der Waals surface area contributed by atoms with Gasteiger partial charge in [0.1, 0.15) is 24.4 Å². The lowest BCUT2D eigenvalue weighted by molar-refractivity contribution is -0.291. The zero-order chi connectivity index (χ0) is 18.8. The fourth-order valence-corrected chi connectivity index (χ4v) is 2.84. The third kappa shape index (κ3) is 6.92. The number of rotatable bonds is 12. The van der Waals surface area contributed by atoms with E-state index in [0.717, 1.165) is 38.5 Å². The monoisotopic (exact) mass is 362 g/mol. The van der Waals surface area contributed by atoms with E-state index in [1.54, 1.807) is 0 Å². The second-order valence-electron chi connectivity index (χ2n) is 6.74. The Hall–Kier alpha value is -0.570. The summed E-state index contributed by atoms with van der Waals surface area (Å²) in [6, 6.07) is 0. The maximum atomic E-state index is 12.4. The molecule has 0 amide bonds. The second kappa shape index (κ2) is 11.9. The SMILES string of the molecule is CCCCCCCC(O)C(=O)[C@H]1O[C@H](OCCCC)[C@H](O)[C@@H](O)[C@@H]1O. The number of Topliss-reactive ketones (excluding diaryl/α,β-unsaturated/α-hetero) is 1. The van der Waals surface area contributed by atoms with Crippen molar-refractivity contribution in [1.29, 1.82) is 0 Å². The second-order valence-corrected chi connectivity index (χ2v) is 6.74. The van der Waals surface area contributed by atoms with Gasteiger partial charge in [0.2, 0.25) is 0 Å². The third-order valence-electron chi connectivity index (χ3n) is 4.54. The van der Waals surface area contributed by atoms with Gasteiger partial charge in [0, 0.05) is 6.61 Å². The maximum Gasteiger partial charge on any atom is 0.192 e. The van der Waals surface area contributed by atoms with E-state index >= 15 is 0 Å². The lowest BCUT2D eigenvalue weighted by Gasteiger charge is -2.40. The van der Waals surface area contributed by atoms with Crippen molar-refractivity contribution in [3.8, 4) is 0 Å². The van der Waals surface area contributed by atoms with Crippen molar-refractivity contribution in [1.82, 2.24) is 0 Å². The van der Waals surface area contributed by atoms with Gasteiger partial charge in [0.15, 0.2) is 18.2 Å². The Balaban J connectivity index is 2.55. The van der Waals surface area contributed by atoms with Crippen LogP contribution in [0.4, 0.5) is 0 Å². The number of aliphatic hydroxyl groups excluding tert-OH is 4. The van der Waals surface area contributed by atoms with Crippen molar-refractivity contribution in [2.45, 2.75) is 102 Å². The first-order valence-corrected chi connectivity index (χ1v) is 9.47. The van der Waals surface area contributed by atoms with Gasteiger partial charge < -0.3 is 29.9 Å². The summed E-state index contributed by atoms with van der Waals surface area (Å²) < 4.78 is 10.7. The van der Waals surface area contributed by atoms with Crippen LogP contribution in [-0.4, -0.2) is 69.6 Å². The highest BCUT2D eigenvalue weighted by atomic mass is 16.7. The standard InChI is InChI=1S/C18H34O7/c1-3-5-7-8-9-10-12(19)13(20)17-15(22)14(21)16(23)18(25-17)24-11-6-4-2/h12,14-19,21-23H,3-11H2,1-2H3/t12?,14-,15-,16+,17+,18-/m0/s1. The van der Waals surface area contributed by atoms with Gasteiger partial charge in [-0.2, -0.15) is 0 Å². The number of unbranched alkanes of at least 4 members (excludes halogenated alkanes) is 5. The van der Waals surface area contributed by atoms with E-state index < -0.39 is 42.6 Å². The summed E-state index contributed by atoms with van der Waals surface area (Å²) in [4.78, 5) is 12.4. The summed E-state index contributed by atoms with van der Waals surface area (Å²) >= 11 is 0. The average Bonchev–Trinajstić information content (AvgIpc) is 2.61. The van der Waals surface area contributed by atoms with Gasteiger partial charge in [0.25, 0.3) is 0 Å². The highest BCUT2D eigenvalue weighted by molar-refractivity contribution is 5.88. The molecule has 7 heteroatoms. The van der Waals surface area contributed by atoms with Crippen LogP contribution in [0.3, 0.4) is 0 Å². The molecule has 0 radical (unpaired) electrons. The minimum absolute atomic E-state index is 0.287. The molecule has 148 valence electrons. The van der Waals surface area contributed by atoms with Gasteiger partial charge >= 0.3 is 0 Å². The highest BCUT2D eigenvalue weighted by Gasteiger charge is 2.48. The largest absolute Gasteiger partial charge is 0.387 e. The fraction of sp³-hybridized carbons (Fsp3) is 0.944. The van der Waals surface area contributed by atoms with E-state index in [-0.39, 0.29) is 6.42 Å². The number of carbonyl (C=O) groups excluding carboxylic acids is 1. The molecule has 0 bridgehead atoms. The molecule has 0 aromatic carbocycles. The molecule has 1 unspecified atom stereocenters. The minimum Gasteiger partial charge on any atom is -0.387 e. The van der Waals surface area contributed by atoms with Crippen molar-refractivity contribution < 1.29 is 34.7 Å². The molecule has 1 aliphatic heterocycles. The molecule has 7 nitrogen and oxygen atoms in total. The van der Waals surface area contributed by atoms with Crippen LogP contribution in [-0.2, 0) is 14.3 Å². The first-order chi connectivity index (χ1) is 11.9. The van der Waals surface area contributed by atoms with E-state index in [0.29, 0.717) is 13.0 Å². The molecule has 0 aliphatic carbocycles. The fourth-order valence-electron chi connectivity index (χ4n) is 2.84. The number of hydrogen-bond donors (Lipinski definition) is 4. The van der Waals surface area contributed by atoms with Gasteiger partial charge in [-0.3, -0.25) is 4.79 Å². The smallest absolute Gasteiger partial charge is 0.192 e. The van der Waals surface area contributed by atoms with Crippen LogP contribution in [0.5, 0.6) is 0 Å². The summed E-state index contributed by atoms with van der Waals surface area (Å²) in [6.45, 7) is 4.39. The number of ether oxygens (including phenoxy) is 2. The van der Waals surface area contributed by atoms with Gasteiger partial charge in [-0.05, 0) is 12.8 Å². The van der Waals surface area contributed by atoms with Gasteiger partial charge in [-0.15, -0.1) is 0 Å². The number of ketones is 1.